The monoisotopic (exact) mass is 296 g/mol. The molecule has 0 heterocycles. The molecular formula is C14H20N2O3S. The molecule has 5 nitrogen and oxygen atoms in total. The van der Waals surface area contributed by atoms with Gasteiger partial charge in [0.1, 0.15) is 5.75 Å². The lowest BCUT2D eigenvalue weighted by Crippen LogP contribution is -2.37. The number of aryl methyl sites for hydroxylation is 1. The first-order valence-electron chi connectivity index (χ1n) is 6.77. The van der Waals surface area contributed by atoms with Crippen molar-refractivity contribution in [2.24, 2.45) is 0 Å². The fourth-order valence-electron chi connectivity index (χ4n) is 2.61. The third-order valence-electron chi connectivity index (χ3n) is 3.58. The van der Waals surface area contributed by atoms with E-state index in [0.29, 0.717) is 11.3 Å². The summed E-state index contributed by atoms with van der Waals surface area (Å²) in [4.78, 5) is 12.0. The highest BCUT2D eigenvalue weighted by atomic mass is 32.2. The van der Waals surface area contributed by atoms with Crippen LogP contribution in [0.25, 0.3) is 0 Å². The Morgan fingerprint density at radius 3 is 2.60 bits per heavy atom. The molecule has 1 aromatic rings. The Morgan fingerprint density at radius 2 is 2.00 bits per heavy atom. The summed E-state index contributed by atoms with van der Waals surface area (Å²) in [5, 5.41) is 2.79. The van der Waals surface area contributed by atoms with E-state index in [4.69, 9.17) is 5.73 Å². The second-order valence-electron chi connectivity index (χ2n) is 5.33. The molecule has 0 atom stereocenters. The minimum absolute atomic E-state index is 0.130. The summed E-state index contributed by atoms with van der Waals surface area (Å²) in [6.07, 6.45) is 4.06. The van der Waals surface area contributed by atoms with Crippen molar-refractivity contribution >= 4 is 21.4 Å². The van der Waals surface area contributed by atoms with Crippen molar-refractivity contribution in [1.82, 2.24) is 5.32 Å². The van der Waals surface area contributed by atoms with Crippen molar-refractivity contribution in [3.05, 3.63) is 23.8 Å². The molecule has 0 radical (unpaired) electrons. The summed E-state index contributed by atoms with van der Waals surface area (Å²) in [5.41, 5.74) is 6.69. The number of rotatable bonds is 4. The van der Waals surface area contributed by atoms with Crippen molar-refractivity contribution < 1.29 is 13.2 Å². The van der Waals surface area contributed by atoms with E-state index in [-0.39, 0.29) is 10.9 Å². The minimum Gasteiger partial charge on any atom is -0.399 e. The fourth-order valence-corrected chi connectivity index (χ4v) is 4.02. The lowest BCUT2D eigenvalue weighted by atomic mass is 10.2. The van der Waals surface area contributed by atoms with E-state index in [1.807, 2.05) is 0 Å². The molecule has 0 aliphatic heterocycles. The molecule has 20 heavy (non-hydrogen) atoms. The number of benzene rings is 1. The number of nitrogens with one attached hydrogen (secondary N) is 1. The zero-order valence-electron chi connectivity index (χ0n) is 11.6. The van der Waals surface area contributed by atoms with Gasteiger partial charge in [-0.2, -0.15) is 0 Å². The normalized spacial score (nSPS) is 16.2. The van der Waals surface area contributed by atoms with Gasteiger partial charge in [0.05, 0.1) is 4.90 Å². The first-order chi connectivity index (χ1) is 9.38. The number of hydrogen-bond donors (Lipinski definition) is 2. The zero-order valence-corrected chi connectivity index (χ0v) is 12.4. The topological polar surface area (TPSA) is 89.3 Å². The van der Waals surface area contributed by atoms with Gasteiger partial charge in [-0.1, -0.05) is 12.8 Å². The Morgan fingerprint density at radius 1 is 1.35 bits per heavy atom. The molecule has 0 bridgehead atoms. The van der Waals surface area contributed by atoms with E-state index in [0.717, 1.165) is 25.7 Å². The van der Waals surface area contributed by atoms with E-state index in [9.17, 15) is 13.2 Å². The second-order valence-corrected chi connectivity index (χ2v) is 7.29. The number of anilines is 1. The highest BCUT2D eigenvalue weighted by Gasteiger charge is 2.24. The van der Waals surface area contributed by atoms with Gasteiger partial charge >= 0.3 is 0 Å². The first kappa shape index (κ1) is 14.8. The number of amides is 1. The standard InChI is InChI=1S/C14H20N2O3S/c1-10-8-11(15)6-7-13(10)20(18,19)9-14(17)16-12-4-2-3-5-12/h6-8,12H,2-5,9,15H2,1H3,(H,16,17). The maximum atomic E-state index is 12.2. The van der Waals surface area contributed by atoms with Crippen LogP contribution in [0.5, 0.6) is 0 Å². The first-order valence-corrected chi connectivity index (χ1v) is 8.42. The van der Waals surface area contributed by atoms with Crippen LogP contribution in [-0.4, -0.2) is 26.1 Å². The van der Waals surface area contributed by atoms with Crippen molar-refractivity contribution in [2.75, 3.05) is 11.5 Å². The van der Waals surface area contributed by atoms with Crippen LogP contribution in [0.15, 0.2) is 23.1 Å². The van der Waals surface area contributed by atoms with Gasteiger partial charge in [0.15, 0.2) is 9.84 Å². The molecule has 1 fully saturated rings. The maximum absolute atomic E-state index is 12.2. The summed E-state index contributed by atoms with van der Waals surface area (Å²) in [5.74, 6) is -0.929. The van der Waals surface area contributed by atoms with Crippen molar-refractivity contribution in [2.45, 2.75) is 43.5 Å². The molecule has 0 aromatic heterocycles. The molecule has 0 unspecified atom stereocenters. The summed E-state index contributed by atoms with van der Waals surface area (Å²) in [6.45, 7) is 1.68. The van der Waals surface area contributed by atoms with Crippen LogP contribution in [0.3, 0.4) is 0 Å². The fraction of sp³-hybridized carbons (Fsp3) is 0.500. The lowest BCUT2D eigenvalue weighted by molar-refractivity contribution is -0.119. The Bertz CT molecular complexity index is 605. The molecule has 1 saturated carbocycles. The van der Waals surface area contributed by atoms with Gasteiger partial charge in [-0.15, -0.1) is 0 Å². The highest BCUT2D eigenvalue weighted by molar-refractivity contribution is 7.92. The lowest BCUT2D eigenvalue weighted by Gasteiger charge is -2.13. The molecule has 6 heteroatoms. The van der Waals surface area contributed by atoms with Gasteiger partial charge in [-0.05, 0) is 43.5 Å². The number of carbonyl (C=O) groups is 1. The largest absolute Gasteiger partial charge is 0.399 e. The van der Waals surface area contributed by atoms with Crippen LogP contribution in [0.2, 0.25) is 0 Å². The molecule has 0 spiro atoms. The molecule has 110 valence electrons. The molecule has 1 aliphatic rings. The molecule has 0 saturated heterocycles. The Balaban J connectivity index is 2.08. The van der Waals surface area contributed by atoms with Gasteiger partial charge in [-0.25, -0.2) is 8.42 Å². The molecule has 2 rings (SSSR count). The summed E-state index contributed by atoms with van der Waals surface area (Å²) < 4.78 is 24.5. The number of carbonyl (C=O) groups excluding carboxylic acids is 1. The van der Waals surface area contributed by atoms with Gasteiger partial charge < -0.3 is 11.1 Å². The zero-order chi connectivity index (χ0) is 14.8. The van der Waals surface area contributed by atoms with Crippen LogP contribution in [0, 0.1) is 6.92 Å². The molecule has 1 aromatic carbocycles. The third kappa shape index (κ3) is 3.50. The predicted molar refractivity (Wildman–Crippen MR) is 78.0 cm³/mol. The smallest absolute Gasteiger partial charge is 0.235 e. The summed E-state index contributed by atoms with van der Waals surface area (Å²) in [6, 6.07) is 4.73. The Kier molecular flexibility index (Phi) is 4.32. The Labute approximate surface area is 119 Å². The minimum atomic E-state index is -3.62. The van der Waals surface area contributed by atoms with Crippen molar-refractivity contribution in [3.63, 3.8) is 0 Å². The van der Waals surface area contributed by atoms with Crippen LogP contribution < -0.4 is 11.1 Å². The van der Waals surface area contributed by atoms with Crippen LogP contribution >= 0.6 is 0 Å². The molecule has 1 aliphatic carbocycles. The van der Waals surface area contributed by atoms with Crippen LogP contribution in [-0.2, 0) is 14.6 Å². The number of sulfone groups is 1. The maximum Gasteiger partial charge on any atom is 0.235 e. The van der Waals surface area contributed by atoms with E-state index in [1.165, 1.54) is 12.1 Å². The van der Waals surface area contributed by atoms with E-state index in [2.05, 4.69) is 5.32 Å². The van der Waals surface area contributed by atoms with E-state index >= 15 is 0 Å². The Hall–Kier alpha value is -1.56. The quantitative estimate of drug-likeness (QED) is 0.822. The van der Waals surface area contributed by atoms with Crippen molar-refractivity contribution in [3.8, 4) is 0 Å². The SMILES string of the molecule is Cc1cc(N)ccc1S(=O)(=O)CC(=O)NC1CCCC1. The van der Waals surface area contributed by atoms with Crippen LogP contribution in [0.4, 0.5) is 5.69 Å². The second kappa shape index (κ2) is 5.83. The van der Waals surface area contributed by atoms with Crippen molar-refractivity contribution in [1.29, 1.82) is 0 Å². The summed E-state index contributed by atoms with van der Waals surface area (Å²) >= 11 is 0. The third-order valence-corrected chi connectivity index (χ3v) is 5.35. The number of nitrogen functional groups attached to an aromatic ring is 1. The van der Waals surface area contributed by atoms with E-state index < -0.39 is 21.5 Å². The average Bonchev–Trinajstić information content (AvgIpc) is 2.79. The number of nitrogens with two attached hydrogens (primary N) is 1. The molecular weight excluding hydrogens is 276 g/mol. The number of hydrogen-bond acceptors (Lipinski definition) is 4. The molecule has 3 N–H and O–H groups in total. The van der Waals surface area contributed by atoms with Gasteiger partial charge in [0, 0.05) is 11.7 Å². The van der Waals surface area contributed by atoms with Crippen LogP contribution in [0.1, 0.15) is 31.2 Å². The summed E-state index contributed by atoms with van der Waals surface area (Å²) in [7, 11) is -3.62. The van der Waals surface area contributed by atoms with Gasteiger partial charge in [-0.3, -0.25) is 4.79 Å². The molecule has 1 amide bonds. The highest BCUT2D eigenvalue weighted by Crippen LogP contribution is 2.20. The van der Waals surface area contributed by atoms with Gasteiger partial charge in [0.25, 0.3) is 0 Å². The van der Waals surface area contributed by atoms with E-state index in [1.54, 1.807) is 13.0 Å². The van der Waals surface area contributed by atoms with Gasteiger partial charge in [0.2, 0.25) is 5.91 Å². The predicted octanol–water partition coefficient (Wildman–Crippen LogP) is 1.41. The average molecular weight is 296 g/mol.